The number of carbonyl (C=O) groups is 1. The van der Waals surface area contributed by atoms with Gasteiger partial charge in [0.1, 0.15) is 11.5 Å². The van der Waals surface area contributed by atoms with E-state index in [2.05, 4.69) is 15.3 Å². The number of para-hydroxylation sites is 1. The lowest BCUT2D eigenvalue weighted by Crippen LogP contribution is -2.15. The standard InChI is InChI=1S/C19H13F4N3OS/c20-13-8-6-12(7-9-13)15-10-16(19(21,22)23)26-18(25-15)28-11-17(27)24-14-4-2-1-3-5-14/h1-10H,11H2,(H,24,27). The Hall–Kier alpha value is -2.94. The van der Waals surface area contributed by atoms with E-state index >= 15 is 0 Å². The average molecular weight is 407 g/mol. The Morgan fingerprint density at radius 3 is 2.32 bits per heavy atom. The summed E-state index contributed by atoms with van der Waals surface area (Å²) in [5.74, 6) is -1.08. The van der Waals surface area contributed by atoms with E-state index in [4.69, 9.17) is 0 Å². The van der Waals surface area contributed by atoms with Crippen LogP contribution in [0.3, 0.4) is 0 Å². The topological polar surface area (TPSA) is 54.9 Å². The number of aromatic nitrogens is 2. The van der Waals surface area contributed by atoms with Crippen molar-refractivity contribution in [2.24, 2.45) is 0 Å². The molecule has 144 valence electrons. The molecule has 0 saturated heterocycles. The second kappa shape index (κ2) is 8.39. The molecule has 0 spiro atoms. The fourth-order valence-electron chi connectivity index (χ4n) is 2.25. The SMILES string of the molecule is O=C(CSc1nc(-c2ccc(F)cc2)cc(C(F)(F)F)n1)Nc1ccccc1. The normalized spacial score (nSPS) is 11.3. The van der Waals surface area contributed by atoms with E-state index in [0.717, 1.165) is 30.0 Å². The largest absolute Gasteiger partial charge is 0.433 e. The molecule has 28 heavy (non-hydrogen) atoms. The third-order valence-electron chi connectivity index (χ3n) is 3.53. The van der Waals surface area contributed by atoms with E-state index < -0.39 is 23.6 Å². The van der Waals surface area contributed by atoms with Crippen molar-refractivity contribution in [1.82, 2.24) is 9.97 Å². The molecule has 0 unspecified atom stereocenters. The number of benzene rings is 2. The molecule has 0 aliphatic heterocycles. The molecule has 3 aromatic rings. The van der Waals surface area contributed by atoms with Gasteiger partial charge in [-0.1, -0.05) is 30.0 Å². The fraction of sp³-hybridized carbons (Fsp3) is 0.105. The van der Waals surface area contributed by atoms with Crippen LogP contribution in [0.15, 0.2) is 65.8 Å². The van der Waals surface area contributed by atoms with Crippen LogP contribution in [0.4, 0.5) is 23.2 Å². The van der Waals surface area contributed by atoms with Crippen molar-refractivity contribution in [1.29, 1.82) is 0 Å². The smallest absolute Gasteiger partial charge is 0.325 e. The predicted molar refractivity (Wildman–Crippen MR) is 98.2 cm³/mol. The number of nitrogens with one attached hydrogen (secondary N) is 1. The molecule has 0 saturated carbocycles. The molecular weight excluding hydrogens is 394 g/mol. The van der Waals surface area contributed by atoms with Gasteiger partial charge in [0.25, 0.3) is 0 Å². The van der Waals surface area contributed by atoms with E-state index in [0.29, 0.717) is 11.3 Å². The quantitative estimate of drug-likeness (QED) is 0.366. The summed E-state index contributed by atoms with van der Waals surface area (Å²) in [5, 5.41) is 2.43. The van der Waals surface area contributed by atoms with Crippen molar-refractivity contribution in [3.05, 3.63) is 72.2 Å². The first-order valence-electron chi connectivity index (χ1n) is 8.01. The Bertz CT molecular complexity index is 963. The molecule has 1 N–H and O–H groups in total. The minimum atomic E-state index is -4.68. The van der Waals surface area contributed by atoms with Crippen LogP contribution in [0, 0.1) is 5.82 Å². The van der Waals surface area contributed by atoms with Crippen molar-refractivity contribution in [2.75, 3.05) is 11.1 Å². The van der Waals surface area contributed by atoms with Crippen molar-refractivity contribution in [3.63, 3.8) is 0 Å². The highest BCUT2D eigenvalue weighted by molar-refractivity contribution is 7.99. The highest BCUT2D eigenvalue weighted by Gasteiger charge is 2.34. The van der Waals surface area contributed by atoms with E-state index in [9.17, 15) is 22.4 Å². The van der Waals surface area contributed by atoms with Crippen LogP contribution >= 0.6 is 11.8 Å². The van der Waals surface area contributed by atoms with E-state index in [1.807, 2.05) is 0 Å². The molecule has 0 bridgehead atoms. The predicted octanol–water partition coefficient (Wildman–Crippen LogP) is 5.03. The lowest BCUT2D eigenvalue weighted by atomic mass is 10.1. The van der Waals surface area contributed by atoms with Crippen LogP contribution in [-0.4, -0.2) is 21.6 Å². The highest BCUT2D eigenvalue weighted by Crippen LogP contribution is 2.32. The first-order valence-corrected chi connectivity index (χ1v) is 9.00. The molecule has 0 fully saturated rings. The molecule has 4 nitrogen and oxygen atoms in total. The Kier molecular flexibility index (Phi) is 5.93. The Labute approximate surface area is 162 Å². The molecule has 0 radical (unpaired) electrons. The van der Waals surface area contributed by atoms with Crippen LogP contribution in [0.5, 0.6) is 0 Å². The molecule has 0 atom stereocenters. The molecule has 1 aromatic heterocycles. The number of anilines is 1. The van der Waals surface area contributed by atoms with Gasteiger partial charge in [-0.25, -0.2) is 14.4 Å². The van der Waals surface area contributed by atoms with Crippen LogP contribution in [0.1, 0.15) is 5.69 Å². The zero-order chi connectivity index (χ0) is 20.1. The van der Waals surface area contributed by atoms with Crippen molar-refractivity contribution < 1.29 is 22.4 Å². The molecule has 3 rings (SSSR count). The second-order valence-electron chi connectivity index (χ2n) is 5.63. The number of thioether (sulfide) groups is 1. The number of hydrogen-bond donors (Lipinski definition) is 1. The third kappa shape index (κ3) is 5.29. The Balaban J connectivity index is 1.80. The van der Waals surface area contributed by atoms with Crippen molar-refractivity contribution in [2.45, 2.75) is 11.3 Å². The molecule has 1 amide bonds. The number of hydrogen-bond acceptors (Lipinski definition) is 4. The summed E-state index contributed by atoms with van der Waals surface area (Å²) in [6, 6.07) is 14.4. The van der Waals surface area contributed by atoms with Gasteiger partial charge in [0.05, 0.1) is 11.4 Å². The van der Waals surface area contributed by atoms with Gasteiger partial charge in [0.2, 0.25) is 5.91 Å². The summed E-state index contributed by atoms with van der Waals surface area (Å²) >= 11 is 0.782. The van der Waals surface area contributed by atoms with Gasteiger partial charge in [-0.05, 0) is 42.5 Å². The summed E-state index contributed by atoms with van der Waals surface area (Å²) in [7, 11) is 0. The van der Waals surface area contributed by atoms with Gasteiger partial charge in [0.15, 0.2) is 5.16 Å². The number of nitrogens with zero attached hydrogens (tertiary/aromatic N) is 2. The van der Waals surface area contributed by atoms with E-state index in [-0.39, 0.29) is 16.6 Å². The summed E-state index contributed by atoms with van der Waals surface area (Å²) in [5.41, 5.74) is -0.254. The van der Waals surface area contributed by atoms with Crippen molar-refractivity contribution >= 4 is 23.4 Å². The minimum absolute atomic E-state index is 0.00621. The molecule has 2 aromatic carbocycles. The number of alkyl halides is 3. The van der Waals surface area contributed by atoms with Gasteiger partial charge in [-0.2, -0.15) is 13.2 Å². The number of carbonyl (C=O) groups excluding carboxylic acids is 1. The highest BCUT2D eigenvalue weighted by atomic mass is 32.2. The van der Waals surface area contributed by atoms with Gasteiger partial charge in [-0.3, -0.25) is 4.79 Å². The zero-order valence-corrected chi connectivity index (χ0v) is 15.0. The first kappa shape index (κ1) is 19.8. The maximum Gasteiger partial charge on any atom is 0.433 e. The van der Waals surface area contributed by atoms with Gasteiger partial charge in [-0.15, -0.1) is 0 Å². The van der Waals surface area contributed by atoms with Crippen LogP contribution in [0.2, 0.25) is 0 Å². The van der Waals surface area contributed by atoms with Gasteiger partial charge in [0, 0.05) is 11.3 Å². The number of halogens is 4. The minimum Gasteiger partial charge on any atom is -0.325 e. The van der Waals surface area contributed by atoms with E-state index in [1.54, 1.807) is 30.3 Å². The maximum atomic E-state index is 13.2. The monoisotopic (exact) mass is 407 g/mol. The molecule has 1 heterocycles. The van der Waals surface area contributed by atoms with Crippen molar-refractivity contribution in [3.8, 4) is 11.3 Å². The summed E-state index contributed by atoms with van der Waals surface area (Å²) in [6.45, 7) is 0. The number of amides is 1. The number of rotatable bonds is 5. The third-order valence-corrected chi connectivity index (χ3v) is 4.37. The van der Waals surface area contributed by atoms with Crippen LogP contribution in [0.25, 0.3) is 11.3 Å². The first-order chi connectivity index (χ1) is 13.3. The maximum absolute atomic E-state index is 13.2. The summed E-state index contributed by atoms with van der Waals surface area (Å²) in [4.78, 5) is 19.6. The Morgan fingerprint density at radius 2 is 1.68 bits per heavy atom. The fourth-order valence-corrected chi connectivity index (χ4v) is 2.91. The summed E-state index contributed by atoms with van der Waals surface area (Å²) in [6.07, 6.45) is -4.68. The van der Waals surface area contributed by atoms with Crippen LogP contribution in [-0.2, 0) is 11.0 Å². The van der Waals surface area contributed by atoms with Gasteiger partial charge >= 0.3 is 6.18 Å². The summed E-state index contributed by atoms with van der Waals surface area (Å²) < 4.78 is 52.6. The van der Waals surface area contributed by atoms with Crippen LogP contribution < -0.4 is 5.32 Å². The molecule has 0 aliphatic carbocycles. The lowest BCUT2D eigenvalue weighted by molar-refractivity contribution is -0.141. The zero-order valence-electron chi connectivity index (χ0n) is 14.2. The average Bonchev–Trinajstić information content (AvgIpc) is 2.67. The molecule has 9 heteroatoms. The lowest BCUT2D eigenvalue weighted by Gasteiger charge is -2.10. The Morgan fingerprint density at radius 1 is 1.00 bits per heavy atom. The second-order valence-corrected chi connectivity index (χ2v) is 6.57. The van der Waals surface area contributed by atoms with Gasteiger partial charge < -0.3 is 5.32 Å². The van der Waals surface area contributed by atoms with E-state index in [1.165, 1.54) is 12.1 Å². The molecular formula is C19H13F4N3OS. The molecule has 0 aliphatic rings.